The predicted octanol–water partition coefficient (Wildman–Crippen LogP) is 4.89. The SMILES string of the molecule is CCCC1(C)C(CC)CC(C)C1CC. The van der Waals surface area contributed by atoms with Crippen molar-refractivity contribution in [1.82, 2.24) is 0 Å². The van der Waals surface area contributed by atoms with Crippen LogP contribution >= 0.6 is 0 Å². The second kappa shape index (κ2) is 4.68. The highest BCUT2D eigenvalue weighted by molar-refractivity contribution is 4.96. The van der Waals surface area contributed by atoms with Crippen LogP contribution in [0.3, 0.4) is 0 Å². The van der Waals surface area contributed by atoms with Crippen molar-refractivity contribution in [3.8, 4) is 0 Å². The highest BCUT2D eigenvalue weighted by Gasteiger charge is 2.47. The normalized spacial score (nSPS) is 43.1. The van der Waals surface area contributed by atoms with Gasteiger partial charge < -0.3 is 0 Å². The molecule has 1 rings (SSSR count). The van der Waals surface area contributed by atoms with Crippen molar-refractivity contribution in [2.45, 2.75) is 66.7 Å². The zero-order valence-corrected chi connectivity index (χ0v) is 10.8. The summed E-state index contributed by atoms with van der Waals surface area (Å²) >= 11 is 0. The van der Waals surface area contributed by atoms with Crippen molar-refractivity contribution in [1.29, 1.82) is 0 Å². The van der Waals surface area contributed by atoms with Gasteiger partial charge in [0, 0.05) is 0 Å². The average Bonchev–Trinajstić information content (AvgIpc) is 2.38. The predicted molar refractivity (Wildman–Crippen MR) is 64.4 cm³/mol. The Labute approximate surface area is 90.5 Å². The summed E-state index contributed by atoms with van der Waals surface area (Å²) in [5, 5.41) is 0. The summed E-state index contributed by atoms with van der Waals surface area (Å²) in [6.07, 6.45) is 7.04. The fourth-order valence-corrected chi connectivity index (χ4v) is 4.26. The third-order valence-electron chi connectivity index (χ3n) is 4.84. The van der Waals surface area contributed by atoms with Gasteiger partial charge >= 0.3 is 0 Å². The van der Waals surface area contributed by atoms with Gasteiger partial charge in [0.1, 0.15) is 0 Å². The van der Waals surface area contributed by atoms with Crippen LogP contribution < -0.4 is 0 Å². The van der Waals surface area contributed by atoms with Crippen molar-refractivity contribution >= 4 is 0 Å². The number of hydrogen-bond donors (Lipinski definition) is 0. The van der Waals surface area contributed by atoms with Gasteiger partial charge in [-0.3, -0.25) is 0 Å². The Morgan fingerprint density at radius 2 is 1.79 bits per heavy atom. The molecule has 1 fully saturated rings. The lowest BCUT2D eigenvalue weighted by Crippen LogP contribution is -2.29. The van der Waals surface area contributed by atoms with E-state index in [1.54, 1.807) is 0 Å². The van der Waals surface area contributed by atoms with Gasteiger partial charge in [0.2, 0.25) is 0 Å². The lowest BCUT2D eigenvalue weighted by atomic mass is 9.68. The van der Waals surface area contributed by atoms with Crippen LogP contribution in [0.15, 0.2) is 0 Å². The summed E-state index contributed by atoms with van der Waals surface area (Å²) in [5.74, 6) is 2.93. The van der Waals surface area contributed by atoms with E-state index >= 15 is 0 Å². The molecule has 1 aliphatic rings. The first-order valence-electron chi connectivity index (χ1n) is 6.60. The van der Waals surface area contributed by atoms with Crippen molar-refractivity contribution in [3.05, 3.63) is 0 Å². The van der Waals surface area contributed by atoms with Crippen molar-refractivity contribution < 1.29 is 0 Å². The fraction of sp³-hybridized carbons (Fsp3) is 1.00. The van der Waals surface area contributed by atoms with Gasteiger partial charge in [0.15, 0.2) is 0 Å². The van der Waals surface area contributed by atoms with Gasteiger partial charge in [0.25, 0.3) is 0 Å². The Hall–Kier alpha value is 0. The Balaban J connectivity index is 2.83. The molecule has 0 aromatic rings. The highest BCUT2D eigenvalue weighted by atomic mass is 14.5. The average molecular weight is 196 g/mol. The first-order chi connectivity index (χ1) is 6.60. The summed E-state index contributed by atoms with van der Waals surface area (Å²) in [6, 6.07) is 0. The lowest BCUT2D eigenvalue weighted by Gasteiger charge is -2.37. The molecule has 0 aromatic heterocycles. The smallest absolute Gasteiger partial charge is 0.0267 e. The maximum absolute atomic E-state index is 2.56. The van der Waals surface area contributed by atoms with E-state index < -0.39 is 0 Å². The summed E-state index contributed by atoms with van der Waals surface area (Å²) in [4.78, 5) is 0. The fourth-order valence-electron chi connectivity index (χ4n) is 4.26. The molecule has 14 heavy (non-hydrogen) atoms. The lowest BCUT2D eigenvalue weighted by molar-refractivity contribution is 0.122. The van der Waals surface area contributed by atoms with Gasteiger partial charge in [0.05, 0.1) is 0 Å². The summed E-state index contributed by atoms with van der Waals surface area (Å²) < 4.78 is 0. The second-order valence-electron chi connectivity index (χ2n) is 5.59. The molecule has 4 atom stereocenters. The quantitative estimate of drug-likeness (QED) is 0.601. The molecule has 0 spiro atoms. The van der Waals surface area contributed by atoms with Crippen molar-refractivity contribution in [2.75, 3.05) is 0 Å². The number of rotatable bonds is 4. The second-order valence-corrected chi connectivity index (χ2v) is 5.59. The first-order valence-corrected chi connectivity index (χ1v) is 6.60. The van der Waals surface area contributed by atoms with Crippen LogP contribution in [-0.2, 0) is 0 Å². The Bertz CT molecular complexity index is 173. The van der Waals surface area contributed by atoms with Crippen LogP contribution in [0, 0.1) is 23.2 Å². The topological polar surface area (TPSA) is 0 Å². The maximum atomic E-state index is 2.56. The van der Waals surface area contributed by atoms with E-state index in [9.17, 15) is 0 Å². The van der Waals surface area contributed by atoms with E-state index in [0.717, 1.165) is 17.8 Å². The Morgan fingerprint density at radius 3 is 2.21 bits per heavy atom. The van der Waals surface area contributed by atoms with Crippen LogP contribution in [0.1, 0.15) is 66.7 Å². The summed E-state index contributed by atoms with van der Waals surface area (Å²) in [7, 11) is 0. The van der Waals surface area contributed by atoms with Crippen LogP contribution in [-0.4, -0.2) is 0 Å². The summed E-state index contributed by atoms with van der Waals surface area (Å²) in [5.41, 5.74) is 0.650. The first kappa shape index (κ1) is 12.1. The molecule has 0 aliphatic heterocycles. The molecule has 0 amide bonds. The third kappa shape index (κ3) is 1.85. The van der Waals surface area contributed by atoms with E-state index in [0.29, 0.717) is 5.41 Å². The standard InChI is InChI=1S/C14H28/c1-6-9-14(5)12(7-2)10-11(4)13(14)8-3/h11-13H,6-10H2,1-5H3. The highest BCUT2D eigenvalue weighted by Crippen LogP contribution is 2.55. The molecule has 0 radical (unpaired) electrons. The minimum absolute atomic E-state index is 0.650. The molecule has 0 nitrogen and oxygen atoms in total. The third-order valence-corrected chi connectivity index (χ3v) is 4.84. The molecule has 1 aliphatic carbocycles. The molecular formula is C14H28. The van der Waals surface area contributed by atoms with Crippen LogP contribution in [0.25, 0.3) is 0 Å². The Kier molecular flexibility index (Phi) is 4.04. The van der Waals surface area contributed by atoms with Gasteiger partial charge in [-0.1, -0.05) is 53.9 Å². The van der Waals surface area contributed by atoms with Gasteiger partial charge in [-0.2, -0.15) is 0 Å². The van der Waals surface area contributed by atoms with Gasteiger partial charge in [-0.15, -0.1) is 0 Å². The molecule has 4 unspecified atom stereocenters. The van der Waals surface area contributed by atoms with Crippen LogP contribution in [0.4, 0.5) is 0 Å². The molecule has 0 heterocycles. The zero-order chi connectivity index (χ0) is 10.8. The molecule has 0 heteroatoms. The van der Waals surface area contributed by atoms with Crippen molar-refractivity contribution in [3.63, 3.8) is 0 Å². The van der Waals surface area contributed by atoms with Crippen LogP contribution in [0.2, 0.25) is 0 Å². The minimum atomic E-state index is 0.650. The zero-order valence-electron chi connectivity index (χ0n) is 10.8. The molecule has 0 N–H and O–H groups in total. The van der Waals surface area contributed by atoms with E-state index in [-0.39, 0.29) is 0 Å². The molecule has 0 aromatic carbocycles. The van der Waals surface area contributed by atoms with E-state index in [1.165, 1.54) is 32.1 Å². The minimum Gasteiger partial charge on any atom is -0.0654 e. The van der Waals surface area contributed by atoms with E-state index in [4.69, 9.17) is 0 Å². The molecule has 0 saturated heterocycles. The Morgan fingerprint density at radius 1 is 1.14 bits per heavy atom. The molecule has 84 valence electrons. The largest absolute Gasteiger partial charge is 0.0654 e. The van der Waals surface area contributed by atoms with Crippen molar-refractivity contribution in [2.24, 2.45) is 23.2 Å². The molecule has 1 saturated carbocycles. The van der Waals surface area contributed by atoms with E-state index in [1.807, 2.05) is 0 Å². The summed E-state index contributed by atoms with van der Waals surface area (Å²) in [6.45, 7) is 12.1. The number of hydrogen-bond acceptors (Lipinski definition) is 0. The molecule has 0 bridgehead atoms. The van der Waals surface area contributed by atoms with E-state index in [2.05, 4.69) is 34.6 Å². The molecular weight excluding hydrogens is 168 g/mol. The maximum Gasteiger partial charge on any atom is -0.0267 e. The van der Waals surface area contributed by atoms with Gasteiger partial charge in [-0.05, 0) is 36.0 Å². The monoisotopic (exact) mass is 196 g/mol. The van der Waals surface area contributed by atoms with Gasteiger partial charge in [-0.25, -0.2) is 0 Å². The van der Waals surface area contributed by atoms with Crippen LogP contribution in [0.5, 0.6) is 0 Å².